The van der Waals surface area contributed by atoms with E-state index in [9.17, 15) is 0 Å². The van der Waals surface area contributed by atoms with Crippen LogP contribution >= 0.6 is 0 Å². The molecule has 124 valence electrons. The molecular formula is C17H24BFN2O2. The minimum atomic E-state index is -0.955. The second-order valence-electron chi connectivity index (χ2n) is 7.28. The SMILES string of the molecule is CC1(C)OB(C(F)=C(c2ccncc2)C2CCNC2)OC1(C)C. The molecule has 0 radical (unpaired) electrons. The zero-order valence-corrected chi connectivity index (χ0v) is 14.2. The summed E-state index contributed by atoms with van der Waals surface area (Å²) >= 11 is 0. The molecule has 3 heterocycles. The number of aromatic nitrogens is 1. The molecule has 2 saturated heterocycles. The molecule has 1 atom stereocenters. The lowest BCUT2D eigenvalue weighted by molar-refractivity contribution is 0.00578. The van der Waals surface area contributed by atoms with Crippen molar-refractivity contribution in [1.29, 1.82) is 0 Å². The molecule has 0 bridgehead atoms. The van der Waals surface area contributed by atoms with E-state index in [1.165, 1.54) is 0 Å². The van der Waals surface area contributed by atoms with Gasteiger partial charge in [0.2, 0.25) is 0 Å². The topological polar surface area (TPSA) is 43.4 Å². The van der Waals surface area contributed by atoms with E-state index in [2.05, 4.69) is 10.3 Å². The maximum Gasteiger partial charge on any atom is 0.525 e. The fraction of sp³-hybridized carbons (Fsp3) is 0.588. The molecular weight excluding hydrogens is 294 g/mol. The van der Waals surface area contributed by atoms with Crippen molar-refractivity contribution in [1.82, 2.24) is 10.3 Å². The van der Waals surface area contributed by atoms with Gasteiger partial charge in [-0.2, -0.15) is 0 Å². The smallest absolute Gasteiger partial charge is 0.398 e. The third-order valence-electron chi connectivity index (χ3n) is 5.18. The Kier molecular flexibility index (Phi) is 4.34. The van der Waals surface area contributed by atoms with Gasteiger partial charge in [0.05, 0.1) is 11.2 Å². The van der Waals surface area contributed by atoms with Gasteiger partial charge in [-0.15, -0.1) is 0 Å². The van der Waals surface area contributed by atoms with Gasteiger partial charge in [-0.05, 0) is 63.9 Å². The van der Waals surface area contributed by atoms with Crippen LogP contribution in [0.25, 0.3) is 5.57 Å². The van der Waals surface area contributed by atoms with Crippen molar-refractivity contribution in [2.45, 2.75) is 45.3 Å². The van der Waals surface area contributed by atoms with Gasteiger partial charge >= 0.3 is 7.12 Å². The molecule has 1 aromatic rings. The lowest BCUT2D eigenvalue weighted by atomic mass is 9.78. The highest BCUT2D eigenvalue weighted by molar-refractivity contribution is 6.55. The van der Waals surface area contributed by atoms with Gasteiger partial charge in [0.1, 0.15) is 5.73 Å². The number of nitrogens with zero attached hydrogens (tertiary/aromatic N) is 1. The van der Waals surface area contributed by atoms with Crippen LogP contribution in [0.4, 0.5) is 4.39 Å². The molecule has 1 aromatic heterocycles. The number of halogens is 1. The first-order valence-corrected chi connectivity index (χ1v) is 8.18. The molecule has 0 aromatic carbocycles. The lowest BCUT2D eigenvalue weighted by Crippen LogP contribution is -2.41. The van der Waals surface area contributed by atoms with Crippen molar-refractivity contribution in [3.8, 4) is 0 Å². The molecule has 0 spiro atoms. The zero-order valence-electron chi connectivity index (χ0n) is 14.2. The monoisotopic (exact) mass is 318 g/mol. The molecule has 23 heavy (non-hydrogen) atoms. The van der Waals surface area contributed by atoms with Crippen molar-refractivity contribution in [3.05, 3.63) is 35.8 Å². The first-order valence-electron chi connectivity index (χ1n) is 8.18. The fourth-order valence-electron chi connectivity index (χ4n) is 3.07. The Morgan fingerprint density at radius 3 is 2.35 bits per heavy atom. The molecule has 2 aliphatic heterocycles. The van der Waals surface area contributed by atoms with Crippen LogP contribution in [0.2, 0.25) is 0 Å². The number of rotatable bonds is 3. The first kappa shape index (κ1) is 16.6. The van der Waals surface area contributed by atoms with Gasteiger partial charge in [-0.25, -0.2) is 4.39 Å². The normalized spacial score (nSPS) is 27.2. The molecule has 0 amide bonds. The molecule has 6 heteroatoms. The average Bonchev–Trinajstić information content (AvgIpc) is 3.07. The molecule has 0 aliphatic carbocycles. The Bertz CT molecular complexity index is 582. The van der Waals surface area contributed by atoms with Crippen molar-refractivity contribution in [3.63, 3.8) is 0 Å². The fourth-order valence-corrected chi connectivity index (χ4v) is 3.07. The minimum absolute atomic E-state index is 0.122. The van der Waals surface area contributed by atoms with Gasteiger partial charge in [0.15, 0.2) is 0 Å². The number of nitrogens with one attached hydrogen (secondary N) is 1. The van der Waals surface area contributed by atoms with E-state index in [4.69, 9.17) is 9.31 Å². The van der Waals surface area contributed by atoms with Crippen LogP contribution in [-0.2, 0) is 9.31 Å². The second kappa shape index (κ2) is 6.00. The van der Waals surface area contributed by atoms with E-state index in [-0.39, 0.29) is 11.6 Å². The van der Waals surface area contributed by atoms with Gasteiger partial charge in [0, 0.05) is 24.9 Å². The Labute approximate surface area is 137 Å². The first-order chi connectivity index (χ1) is 10.8. The van der Waals surface area contributed by atoms with Crippen LogP contribution in [0.5, 0.6) is 0 Å². The van der Waals surface area contributed by atoms with E-state index in [0.29, 0.717) is 5.57 Å². The van der Waals surface area contributed by atoms with Gasteiger partial charge in [-0.1, -0.05) is 0 Å². The molecule has 3 rings (SSSR count). The maximum atomic E-state index is 15.4. The summed E-state index contributed by atoms with van der Waals surface area (Å²) in [6.45, 7) is 9.40. The van der Waals surface area contributed by atoms with E-state index in [1.807, 2.05) is 39.8 Å². The third-order valence-corrected chi connectivity index (χ3v) is 5.18. The van der Waals surface area contributed by atoms with Gasteiger partial charge in [0.25, 0.3) is 0 Å². The van der Waals surface area contributed by atoms with Gasteiger partial charge < -0.3 is 14.6 Å². The number of hydrogen-bond donors (Lipinski definition) is 1. The highest BCUT2D eigenvalue weighted by Crippen LogP contribution is 2.42. The molecule has 1 unspecified atom stereocenters. The average molecular weight is 318 g/mol. The maximum absolute atomic E-state index is 15.4. The van der Waals surface area contributed by atoms with E-state index in [1.54, 1.807) is 12.4 Å². The summed E-state index contributed by atoms with van der Waals surface area (Å²) in [4.78, 5) is 4.03. The van der Waals surface area contributed by atoms with Crippen molar-refractivity contribution in [2.75, 3.05) is 13.1 Å². The molecule has 1 N–H and O–H groups in total. The molecule has 2 aliphatic rings. The predicted molar refractivity (Wildman–Crippen MR) is 89.3 cm³/mol. The number of hydrogen-bond acceptors (Lipinski definition) is 4. The van der Waals surface area contributed by atoms with E-state index >= 15 is 4.39 Å². The summed E-state index contributed by atoms with van der Waals surface area (Å²) in [5.41, 5.74) is 0.110. The van der Waals surface area contributed by atoms with Crippen LogP contribution in [0.15, 0.2) is 30.3 Å². The second-order valence-corrected chi connectivity index (χ2v) is 7.28. The minimum Gasteiger partial charge on any atom is -0.398 e. The summed E-state index contributed by atoms with van der Waals surface area (Å²) in [6, 6.07) is 3.69. The van der Waals surface area contributed by atoms with Crippen LogP contribution in [0.1, 0.15) is 39.7 Å². The van der Waals surface area contributed by atoms with Crippen LogP contribution < -0.4 is 5.32 Å². The molecule has 4 nitrogen and oxygen atoms in total. The zero-order chi connectivity index (χ0) is 16.7. The summed E-state index contributed by atoms with van der Waals surface area (Å²) in [7, 11) is -0.955. The van der Waals surface area contributed by atoms with Crippen molar-refractivity contribution in [2.24, 2.45) is 5.92 Å². The Hall–Kier alpha value is -1.24. The predicted octanol–water partition coefficient (Wildman–Crippen LogP) is 3.00. The van der Waals surface area contributed by atoms with Gasteiger partial charge in [-0.3, -0.25) is 4.98 Å². The highest BCUT2D eigenvalue weighted by atomic mass is 19.1. The summed E-state index contributed by atoms with van der Waals surface area (Å²) in [5, 5.41) is 3.30. The summed E-state index contributed by atoms with van der Waals surface area (Å²) in [6.07, 6.45) is 4.29. The standard InChI is InChI=1S/C17H24BFN2O2/c1-16(2)17(3,4)23-18(22-16)15(19)14(13-7-10-21-11-13)12-5-8-20-9-6-12/h5-6,8-9,13,21H,7,10-11H2,1-4H3. The van der Waals surface area contributed by atoms with E-state index in [0.717, 1.165) is 25.1 Å². The molecule has 0 saturated carbocycles. The van der Waals surface area contributed by atoms with E-state index < -0.39 is 18.3 Å². The number of pyridine rings is 1. The lowest BCUT2D eigenvalue weighted by Gasteiger charge is -2.32. The quantitative estimate of drug-likeness (QED) is 0.870. The molecule has 2 fully saturated rings. The summed E-state index contributed by atoms with van der Waals surface area (Å²) in [5.74, 6) is 0.122. The Morgan fingerprint density at radius 1 is 1.22 bits per heavy atom. The Morgan fingerprint density at radius 2 is 1.83 bits per heavy atom. The van der Waals surface area contributed by atoms with Crippen molar-refractivity contribution < 1.29 is 13.7 Å². The van der Waals surface area contributed by atoms with Crippen LogP contribution in [-0.4, -0.2) is 36.4 Å². The summed E-state index contributed by atoms with van der Waals surface area (Å²) < 4.78 is 27.2. The third kappa shape index (κ3) is 3.07. The largest absolute Gasteiger partial charge is 0.525 e. The van der Waals surface area contributed by atoms with Crippen LogP contribution in [0.3, 0.4) is 0 Å². The Balaban J connectivity index is 1.99. The van der Waals surface area contributed by atoms with Crippen molar-refractivity contribution >= 4 is 12.7 Å². The van der Waals surface area contributed by atoms with Crippen LogP contribution in [0, 0.1) is 5.92 Å². The highest BCUT2D eigenvalue weighted by Gasteiger charge is 2.54.